The standard InChI is InChI=1S/C18H22FNO/c1-4-10-20-12-15-11-16(19)8-9-17(15)21-18-13(2)6-5-7-14(18)3/h5-9,11,20H,4,10,12H2,1-3H3. The predicted octanol–water partition coefficient (Wildman–Crippen LogP) is 4.73. The number of hydrogen-bond acceptors (Lipinski definition) is 2. The van der Waals surface area contributed by atoms with Gasteiger partial charge in [0.05, 0.1) is 0 Å². The van der Waals surface area contributed by atoms with E-state index in [-0.39, 0.29) is 5.82 Å². The summed E-state index contributed by atoms with van der Waals surface area (Å²) in [7, 11) is 0. The van der Waals surface area contributed by atoms with Crippen molar-refractivity contribution in [2.45, 2.75) is 33.7 Å². The second-order valence-electron chi connectivity index (χ2n) is 5.25. The van der Waals surface area contributed by atoms with E-state index in [0.29, 0.717) is 12.3 Å². The molecule has 2 nitrogen and oxygen atoms in total. The summed E-state index contributed by atoms with van der Waals surface area (Å²) in [6, 6.07) is 10.7. The van der Waals surface area contributed by atoms with Crippen molar-refractivity contribution < 1.29 is 9.13 Å². The van der Waals surface area contributed by atoms with E-state index in [2.05, 4.69) is 12.2 Å². The first-order chi connectivity index (χ1) is 10.1. The monoisotopic (exact) mass is 287 g/mol. The molecule has 112 valence electrons. The normalized spacial score (nSPS) is 10.7. The van der Waals surface area contributed by atoms with Crippen LogP contribution in [-0.2, 0) is 6.54 Å². The first kappa shape index (κ1) is 15.5. The van der Waals surface area contributed by atoms with Crippen molar-refractivity contribution in [2.24, 2.45) is 0 Å². The summed E-state index contributed by atoms with van der Waals surface area (Å²) in [5, 5.41) is 3.29. The molecule has 0 spiro atoms. The number of hydrogen-bond donors (Lipinski definition) is 1. The Morgan fingerprint density at radius 1 is 1.10 bits per heavy atom. The van der Waals surface area contributed by atoms with E-state index in [0.717, 1.165) is 35.4 Å². The third-order valence-electron chi connectivity index (χ3n) is 3.39. The highest BCUT2D eigenvalue weighted by atomic mass is 19.1. The van der Waals surface area contributed by atoms with E-state index in [9.17, 15) is 4.39 Å². The van der Waals surface area contributed by atoms with Gasteiger partial charge in [-0.05, 0) is 56.1 Å². The van der Waals surface area contributed by atoms with Crippen LogP contribution in [-0.4, -0.2) is 6.54 Å². The lowest BCUT2D eigenvalue weighted by Gasteiger charge is -2.15. The molecule has 0 aliphatic carbocycles. The first-order valence-electron chi connectivity index (χ1n) is 7.35. The SMILES string of the molecule is CCCNCc1cc(F)ccc1Oc1c(C)cccc1C. The summed E-state index contributed by atoms with van der Waals surface area (Å²) in [4.78, 5) is 0. The van der Waals surface area contributed by atoms with Crippen LogP contribution in [0.2, 0.25) is 0 Å². The van der Waals surface area contributed by atoms with Crippen molar-refractivity contribution in [3.63, 3.8) is 0 Å². The minimum atomic E-state index is -0.239. The molecule has 0 atom stereocenters. The van der Waals surface area contributed by atoms with Gasteiger partial charge in [0, 0.05) is 12.1 Å². The van der Waals surface area contributed by atoms with E-state index in [1.165, 1.54) is 12.1 Å². The molecule has 0 aliphatic rings. The minimum absolute atomic E-state index is 0.239. The second-order valence-corrected chi connectivity index (χ2v) is 5.25. The lowest BCUT2D eigenvalue weighted by Crippen LogP contribution is -2.14. The van der Waals surface area contributed by atoms with E-state index in [4.69, 9.17) is 4.74 Å². The summed E-state index contributed by atoms with van der Waals surface area (Å²) < 4.78 is 19.5. The Kier molecular flexibility index (Phi) is 5.34. The van der Waals surface area contributed by atoms with Gasteiger partial charge < -0.3 is 10.1 Å². The average Bonchev–Trinajstić information content (AvgIpc) is 2.45. The van der Waals surface area contributed by atoms with Crippen LogP contribution < -0.4 is 10.1 Å². The zero-order valence-corrected chi connectivity index (χ0v) is 12.9. The summed E-state index contributed by atoms with van der Waals surface area (Å²) in [6.07, 6.45) is 1.04. The summed E-state index contributed by atoms with van der Waals surface area (Å²) in [6.45, 7) is 7.64. The molecule has 2 rings (SSSR count). The van der Waals surface area contributed by atoms with Gasteiger partial charge in [0.2, 0.25) is 0 Å². The van der Waals surface area contributed by atoms with Crippen LogP contribution in [0.5, 0.6) is 11.5 Å². The summed E-state index contributed by atoms with van der Waals surface area (Å²) in [5.41, 5.74) is 2.99. The van der Waals surface area contributed by atoms with Crippen molar-refractivity contribution in [3.05, 3.63) is 58.9 Å². The number of nitrogens with one attached hydrogen (secondary N) is 1. The maximum atomic E-state index is 13.5. The van der Waals surface area contributed by atoms with Gasteiger partial charge in [-0.25, -0.2) is 4.39 Å². The van der Waals surface area contributed by atoms with Crippen LogP contribution in [0.1, 0.15) is 30.0 Å². The van der Waals surface area contributed by atoms with E-state index < -0.39 is 0 Å². The van der Waals surface area contributed by atoms with Crippen LogP contribution in [0.4, 0.5) is 4.39 Å². The topological polar surface area (TPSA) is 21.3 Å². The highest BCUT2D eigenvalue weighted by Crippen LogP contribution is 2.31. The van der Waals surface area contributed by atoms with Gasteiger partial charge in [-0.2, -0.15) is 0 Å². The fraction of sp³-hybridized carbons (Fsp3) is 0.333. The molecule has 0 radical (unpaired) electrons. The number of ether oxygens (including phenoxy) is 1. The molecule has 0 fully saturated rings. The number of benzene rings is 2. The molecule has 21 heavy (non-hydrogen) atoms. The molecule has 0 aromatic heterocycles. The third kappa shape index (κ3) is 4.05. The van der Waals surface area contributed by atoms with Gasteiger partial charge in [0.15, 0.2) is 0 Å². The van der Waals surface area contributed by atoms with E-state index in [1.807, 2.05) is 32.0 Å². The van der Waals surface area contributed by atoms with Crippen molar-refractivity contribution >= 4 is 0 Å². The molecule has 2 aromatic carbocycles. The van der Waals surface area contributed by atoms with Crippen LogP contribution in [0.25, 0.3) is 0 Å². The fourth-order valence-corrected chi connectivity index (χ4v) is 2.26. The fourth-order valence-electron chi connectivity index (χ4n) is 2.26. The van der Waals surface area contributed by atoms with Crippen LogP contribution in [0.3, 0.4) is 0 Å². The van der Waals surface area contributed by atoms with E-state index in [1.54, 1.807) is 6.07 Å². The Balaban J connectivity index is 2.26. The quantitative estimate of drug-likeness (QED) is 0.775. The number of halogens is 1. The third-order valence-corrected chi connectivity index (χ3v) is 3.39. The van der Waals surface area contributed by atoms with Gasteiger partial charge in [0.1, 0.15) is 17.3 Å². The molecule has 0 bridgehead atoms. The minimum Gasteiger partial charge on any atom is -0.456 e. The lowest BCUT2D eigenvalue weighted by atomic mass is 10.1. The Bertz CT molecular complexity index is 590. The maximum absolute atomic E-state index is 13.5. The molecule has 0 heterocycles. The molecule has 1 N–H and O–H groups in total. The van der Waals surface area contributed by atoms with Crippen LogP contribution >= 0.6 is 0 Å². The number of para-hydroxylation sites is 1. The summed E-state index contributed by atoms with van der Waals surface area (Å²) >= 11 is 0. The average molecular weight is 287 g/mol. The van der Waals surface area contributed by atoms with Gasteiger partial charge in [-0.3, -0.25) is 0 Å². The zero-order chi connectivity index (χ0) is 15.2. The zero-order valence-electron chi connectivity index (χ0n) is 12.9. The highest BCUT2D eigenvalue weighted by Gasteiger charge is 2.10. The Morgan fingerprint density at radius 3 is 2.48 bits per heavy atom. The number of aryl methyl sites for hydroxylation is 2. The van der Waals surface area contributed by atoms with Crippen LogP contribution in [0, 0.1) is 19.7 Å². The van der Waals surface area contributed by atoms with Crippen molar-refractivity contribution in [1.82, 2.24) is 5.32 Å². The Morgan fingerprint density at radius 2 is 1.81 bits per heavy atom. The Hall–Kier alpha value is -1.87. The van der Waals surface area contributed by atoms with Crippen molar-refractivity contribution in [3.8, 4) is 11.5 Å². The molecule has 0 aliphatic heterocycles. The number of rotatable bonds is 6. The molecule has 2 aromatic rings. The lowest BCUT2D eigenvalue weighted by molar-refractivity contribution is 0.463. The van der Waals surface area contributed by atoms with Crippen molar-refractivity contribution in [1.29, 1.82) is 0 Å². The van der Waals surface area contributed by atoms with Gasteiger partial charge in [0.25, 0.3) is 0 Å². The maximum Gasteiger partial charge on any atom is 0.133 e. The van der Waals surface area contributed by atoms with Crippen LogP contribution in [0.15, 0.2) is 36.4 Å². The van der Waals surface area contributed by atoms with Crippen molar-refractivity contribution in [2.75, 3.05) is 6.54 Å². The van der Waals surface area contributed by atoms with Gasteiger partial charge in [-0.1, -0.05) is 25.1 Å². The Labute approximate surface area is 126 Å². The highest BCUT2D eigenvalue weighted by molar-refractivity contribution is 5.45. The second kappa shape index (κ2) is 7.23. The molecule has 0 saturated carbocycles. The molecule has 0 saturated heterocycles. The first-order valence-corrected chi connectivity index (χ1v) is 7.35. The largest absolute Gasteiger partial charge is 0.456 e. The smallest absolute Gasteiger partial charge is 0.133 e. The molecule has 0 amide bonds. The molecule has 3 heteroatoms. The summed E-state index contributed by atoms with van der Waals surface area (Å²) in [5.74, 6) is 1.32. The molecular weight excluding hydrogens is 265 g/mol. The molecular formula is C18H22FNO. The van der Waals surface area contributed by atoms with Gasteiger partial charge >= 0.3 is 0 Å². The molecule has 0 unspecified atom stereocenters. The van der Waals surface area contributed by atoms with Gasteiger partial charge in [-0.15, -0.1) is 0 Å². The van der Waals surface area contributed by atoms with E-state index >= 15 is 0 Å². The predicted molar refractivity (Wildman–Crippen MR) is 84.4 cm³/mol.